The predicted molar refractivity (Wildman–Crippen MR) is 147 cm³/mol. The van der Waals surface area contributed by atoms with Crippen molar-refractivity contribution in [3.8, 4) is 0 Å². The first-order chi connectivity index (χ1) is 18.4. The maximum atomic E-state index is 12.4. The topological polar surface area (TPSA) is 166 Å². The highest BCUT2D eigenvalue weighted by Crippen LogP contribution is 2.14. The summed E-state index contributed by atoms with van der Waals surface area (Å²) >= 11 is 3.98. The number of nitro groups is 1. The number of thiol groups is 1. The lowest BCUT2D eigenvalue weighted by atomic mass is 10.0. The van der Waals surface area contributed by atoms with Gasteiger partial charge < -0.3 is 20.1 Å². The summed E-state index contributed by atoms with van der Waals surface area (Å²) in [6, 6.07) is 14.5. The highest BCUT2D eigenvalue weighted by molar-refractivity contribution is 7.81. The van der Waals surface area contributed by atoms with Gasteiger partial charge in [-0.1, -0.05) is 44.2 Å². The number of benzene rings is 2. The minimum absolute atomic E-state index is 0.0952. The van der Waals surface area contributed by atoms with E-state index in [2.05, 4.69) is 23.3 Å². The van der Waals surface area contributed by atoms with Gasteiger partial charge in [0.05, 0.1) is 24.2 Å². The number of rotatable bonds is 12. The zero-order valence-corrected chi connectivity index (χ0v) is 23.5. The number of carbonyl (C=O) groups excluding carboxylic acids is 1. The van der Waals surface area contributed by atoms with Crippen molar-refractivity contribution in [1.82, 2.24) is 10.6 Å². The first-order valence-electron chi connectivity index (χ1n) is 12.3. The number of non-ortho nitro benzene ring substituents is 1. The third-order valence-electron chi connectivity index (χ3n) is 5.42. The van der Waals surface area contributed by atoms with Crippen molar-refractivity contribution >= 4 is 34.8 Å². The molecule has 1 saturated heterocycles. The molecular formula is C25H35N3O9S2. The third-order valence-corrected chi connectivity index (χ3v) is 6.20. The van der Waals surface area contributed by atoms with Crippen molar-refractivity contribution in [3.05, 3.63) is 70.3 Å². The monoisotopic (exact) mass is 585 g/mol. The summed E-state index contributed by atoms with van der Waals surface area (Å²) in [7, 11) is -4.72. The summed E-state index contributed by atoms with van der Waals surface area (Å²) in [6.07, 6.45) is -1.16. The number of amides is 1. The second kappa shape index (κ2) is 16.4. The van der Waals surface area contributed by atoms with E-state index in [1.165, 1.54) is 12.1 Å². The average Bonchev–Trinajstić information content (AvgIpc) is 3.36. The molecule has 12 nitrogen and oxygen atoms in total. The molecule has 0 saturated carbocycles. The third kappa shape index (κ3) is 13.7. The van der Waals surface area contributed by atoms with Crippen molar-refractivity contribution in [1.29, 1.82) is 0 Å². The summed E-state index contributed by atoms with van der Waals surface area (Å²) in [5.74, 6) is 0.328. The number of hydrogen-bond acceptors (Lipinski definition) is 10. The van der Waals surface area contributed by atoms with Crippen molar-refractivity contribution in [2.24, 2.45) is 5.92 Å². The van der Waals surface area contributed by atoms with E-state index in [1.54, 1.807) is 12.1 Å². The van der Waals surface area contributed by atoms with E-state index in [0.717, 1.165) is 10.5 Å². The van der Waals surface area contributed by atoms with Crippen LogP contribution in [-0.2, 0) is 30.5 Å². The fourth-order valence-corrected chi connectivity index (χ4v) is 4.24. The van der Waals surface area contributed by atoms with Crippen molar-refractivity contribution < 1.29 is 36.3 Å². The molecule has 3 N–H and O–H groups in total. The van der Waals surface area contributed by atoms with Gasteiger partial charge in [0.1, 0.15) is 12.2 Å². The lowest BCUT2D eigenvalue weighted by Crippen LogP contribution is -2.51. The zero-order chi connectivity index (χ0) is 28.8. The van der Waals surface area contributed by atoms with E-state index in [0.29, 0.717) is 38.5 Å². The highest BCUT2D eigenvalue weighted by atomic mass is 32.3. The Morgan fingerprint density at radius 2 is 1.85 bits per heavy atom. The molecule has 3 rings (SSSR count). The van der Waals surface area contributed by atoms with Crippen LogP contribution >= 0.6 is 12.6 Å². The van der Waals surface area contributed by atoms with E-state index in [9.17, 15) is 27.9 Å². The van der Waals surface area contributed by atoms with Crippen LogP contribution in [0, 0.1) is 16.0 Å². The smallest absolute Gasteiger partial charge is 0.407 e. The van der Waals surface area contributed by atoms with Crippen LogP contribution in [-0.4, -0.2) is 68.5 Å². The second-order valence-corrected chi connectivity index (χ2v) is 10.8. The van der Waals surface area contributed by atoms with E-state index in [1.807, 2.05) is 44.2 Å². The number of carbonyl (C=O) groups is 1. The molecule has 1 aliphatic heterocycles. The molecule has 1 aliphatic rings. The number of nitro benzene ring substituents is 1. The maximum absolute atomic E-state index is 12.4. The number of ether oxygens (including phenoxy) is 2. The molecule has 0 radical (unpaired) electrons. The molecule has 2 aromatic carbocycles. The van der Waals surface area contributed by atoms with Gasteiger partial charge in [-0.15, -0.1) is 12.6 Å². The number of nitrogens with zero attached hydrogens (tertiary/aromatic N) is 1. The van der Waals surface area contributed by atoms with Crippen LogP contribution in [0.1, 0.15) is 25.8 Å². The highest BCUT2D eigenvalue weighted by Gasteiger charge is 2.30. The Morgan fingerprint density at radius 1 is 1.18 bits per heavy atom. The molecule has 1 heterocycles. The lowest BCUT2D eigenvalue weighted by molar-refractivity contribution is -0.384. The number of nitrogens with one attached hydrogen (secondary N) is 2. The van der Waals surface area contributed by atoms with Gasteiger partial charge in [0.25, 0.3) is 5.69 Å². The van der Waals surface area contributed by atoms with Crippen LogP contribution in [0.5, 0.6) is 0 Å². The van der Waals surface area contributed by atoms with E-state index < -0.39 is 33.6 Å². The summed E-state index contributed by atoms with van der Waals surface area (Å²) in [5, 5.41) is 15.9. The molecule has 1 amide bonds. The molecule has 3 atom stereocenters. The predicted octanol–water partition coefficient (Wildman–Crippen LogP) is 3.43. The van der Waals surface area contributed by atoms with Crippen LogP contribution in [0.25, 0.3) is 0 Å². The molecule has 1 unspecified atom stereocenters. The van der Waals surface area contributed by atoms with Crippen LogP contribution in [0.3, 0.4) is 0 Å². The first kappa shape index (κ1) is 32.5. The molecule has 216 valence electrons. The molecule has 0 spiro atoms. The minimum atomic E-state index is -4.72. The van der Waals surface area contributed by atoms with Crippen LogP contribution in [0.4, 0.5) is 10.5 Å². The summed E-state index contributed by atoms with van der Waals surface area (Å²) in [6.45, 7) is 5.60. The van der Waals surface area contributed by atoms with Gasteiger partial charge in [0, 0.05) is 30.0 Å². The summed E-state index contributed by atoms with van der Waals surface area (Å²) in [4.78, 5) is 22.8. The van der Waals surface area contributed by atoms with Crippen LogP contribution < -0.4 is 10.6 Å². The molecule has 39 heavy (non-hydrogen) atoms. The minimum Gasteiger partial charge on any atom is -0.444 e. The fraction of sp³-hybridized carbons (Fsp3) is 0.480. The molecule has 1 fully saturated rings. The van der Waals surface area contributed by atoms with Gasteiger partial charge in [-0.05, 0) is 36.6 Å². The molecule has 0 aliphatic carbocycles. The fourth-order valence-electron chi connectivity index (χ4n) is 3.57. The Balaban J connectivity index is 0.000000446. The summed E-state index contributed by atoms with van der Waals surface area (Å²) in [5.41, 5.74) is 0.965. The average molecular weight is 586 g/mol. The van der Waals surface area contributed by atoms with E-state index in [4.69, 9.17) is 13.7 Å². The summed E-state index contributed by atoms with van der Waals surface area (Å²) < 4.78 is 47.5. The first-order valence-corrected chi connectivity index (χ1v) is 14.1. The quantitative estimate of drug-likeness (QED) is 0.125. The van der Waals surface area contributed by atoms with Gasteiger partial charge in [-0.2, -0.15) is 8.42 Å². The maximum Gasteiger partial charge on any atom is 0.407 e. The number of hydrogen-bond donors (Lipinski definition) is 4. The van der Waals surface area contributed by atoms with Gasteiger partial charge in [0.2, 0.25) is 0 Å². The Hall–Kier alpha value is -2.75. The standard InChI is InChI=1S/C19H30N2O7S.C6H5NO2S/c1-14(2)11-20-12-18(28-29(23,24)25)17(10-15-6-4-3-5-7-15)21-19(22)27-16-8-9-26-13-16;8-7(9)5-1-3-6(10)4-2-5/h3-7,14,16-18,20H,8-13H2,1-2H3,(H,21,22)(H,23,24,25);1-4,10H/t16-,17-,18?;/m0./s1. The van der Waals surface area contributed by atoms with E-state index in [-0.39, 0.29) is 18.3 Å². The van der Waals surface area contributed by atoms with Gasteiger partial charge >= 0.3 is 16.5 Å². The SMILES string of the molecule is CC(C)CNCC(OS(=O)(=O)O)[C@H](Cc1ccccc1)NC(=O)O[C@H]1CCOC1.O=[N+]([O-])c1ccc(S)cc1. The Morgan fingerprint density at radius 3 is 2.38 bits per heavy atom. The lowest BCUT2D eigenvalue weighted by Gasteiger charge is -2.27. The number of alkyl carbamates (subject to hydrolysis) is 1. The Bertz CT molecular complexity index is 1130. The Labute approximate surface area is 233 Å². The van der Waals surface area contributed by atoms with Crippen molar-refractivity contribution in [2.75, 3.05) is 26.3 Å². The Kier molecular flexibility index (Phi) is 13.6. The molecular weight excluding hydrogens is 550 g/mol. The van der Waals surface area contributed by atoms with Crippen molar-refractivity contribution in [3.63, 3.8) is 0 Å². The van der Waals surface area contributed by atoms with Gasteiger partial charge in [-0.3, -0.25) is 14.7 Å². The van der Waals surface area contributed by atoms with Crippen LogP contribution in [0.2, 0.25) is 0 Å². The van der Waals surface area contributed by atoms with Crippen molar-refractivity contribution in [2.45, 2.75) is 49.8 Å². The largest absolute Gasteiger partial charge is 0.444 e. The molecule has 2 aromatic rings. The molecule has 14 heteroatoms. The van der Waals surface area contributed by atoms with Gasteiger partial charge in [-0.25, -0.2) is 8.98 Å². The molecule has 0 bridgehead atoms. The van der Waals surface area contributed by atoms with E-state index >= 15 is 0 Å². The van der Waals surface area contributed by atoms with Gasteiger partial charge in [0.15, 0.2) is 0 Å². The molecule has 0 aromatic heterocycles. The second-order valence-electron chi connectivity index (χ2n) is 9.22. The zero-order valence-electron chi connectivity index (χ0n) is 21.8. The van der Waals surface area contributed by atoms with Crippen LogP contribution in [0.15, 0.2) is 59.5 Å². The normalized spacial score (nSPS) is 16.6.